The normalized spacial score (nSPS) is 14.5. The molecule has 1 N–H and O–H groups in total. The van der Waals surface area contributed by atoms with Crippen LogP contribution < -0.4 is 5.32 Å². The highest BCUT2D eigenvalue weighted by atomic mass is 19.3. The number of aromatic nitrogens is 2. The van der Waals surface area contributed by atoms with Crippen LogP contribution in [-0.4, -0.2) is 28.4 Å². The molecule has 23 heavy (non-hydrogen) atoms. The van der Waals surface area contributed by atoms with Crippen LogP contribution in [0.1, 0.15) is 22.3 Å². The monoisotopic (exact) mass is 315 g/mol. The van der Waals surface area contributed by atoms with Crippen molar-refractivity contribution in [3.8, 4) is 0 Å². The van der Waals surface area contributed by atoms with Gasteiger partial charge in [-0.15, -0.1) is 0 Å². The Morgan fingerprint density at radius 3 is 2.96 bits per heavy atom. The van der Waals surface area contributed by atoms with Gasteiger partial charge < -0.3 is 9.88 Å². The molecule has 2 aromatic heterocycles. The number of benzene rings is 1. The molecule has 0 fully saturated rings. The van der Waals surface area contributed by atoms with Gasteiger partial charge in [0.05, 0.1) is 16.6 Å². The number of amides is 1. The third-order valence-electron chi connectivity index (χ3n) is 4.37. The third-order valence-corrected chi connectivity index (χ3v) is 4.37. The Morgan fingerprint density at radius 1 is 1.26 bits per heavy atom. The Balaban J connectivity index is 2.03. The van der Waals surface area contributed by atoms with Crippen LogP contribution in [0.15, 0.2) is 30.5 Å². The lowest BCUT2D eigenvalue weighted by Crippen LogP contribution is -2.31. The summed E-state index contributed by atoms with van der Waals surface area (Å²) in [4.78, 5) is 16.5. The summed E-state index contributed by atoms with van der Waals surface area (Å²) in [6.45, 7) is 0.815. The Bertz CT molecular complexity index is 917. The largest absolute Gasteiger partial charge is 0.352 e. The molecular weight excluding hydrogens is 300 g/mol. The minimum Gasteiger partial charge on any atom is -0.352 e. The van der Waals surface area contributed by atoms with Gasteiger partial charge >= 0.3 is 0 Å². The van der Waals surface area contributed by atoms with Crippen molar-refractivity contribution in [1.82, 2.24) is 14.9 Å². The molecule has 0 unspecified atom stereocenters. The van der Waals surface area contributed by atoms with E-state index in [2.05, 4.69) is 10.3 Å². The highest BCUT2D eigenvalue weighted by Gasteiger charge is 2.23. The maximum atomic E-state index is 12.7. The van der Waals surface area contributed by atoms with Gasteiger partial charge in [-0.2, -0.15) is 0 Å². The summed E-state index contributed by atoms with van der Waals surface area (Å²) in [5, 5.41) is 3.75. The number of carbonyl (C=O) groups is 1. The van der Waals surface area contributed by atoms with Crippen LogP contribution in [0, 0.1) is 0 Å². The number of rotatable bonds is 3. The van der Waals surface area contributed by atoms with Gasteiger partial charge in [0.1, 0.15) is 0 Å². The van der Waals surface area contributed by atoms with Crippen LogP contribution in [0.5, 0.6) is 0 Å². The molecule has 3 heterocycles. The number of alkyl halides is 2. The van der Waals surface area contributed by atoms with Crippen molar-refractivity contribution >= 4 is 27.8 Å². The molecule has 4 nitrogen and oxygen atoms in total. The summed E-state index contributed by atoms with van der Waals surface area (Å²) in [7, 11) is 0. The lowest BCUT2D eigenvalue weighted by Gasteiger charge is -2.17. The molecule has 4 rings (SSSR count). The van der Waals surface area contributed by atoms with Gasteiger partial charge in [-0.25, -0.2) is 8.78 Å². The lowest BCUT2D eigenvalue weighted by molar-refractivity contribution is 0.0946. The van der Waals surface area contributed by atoms with Crippen molar-refractivity contribution in [2.24, 2.45) is 0 Å². The Hall–Kier alpha value is -2.50. The topological polar surface area (TPSA) is 46.9 Å². The van der Waals surface area contributed by atoms with Crippen LogP contribution >= 0.6 is 0 Å². The predicted molar refractivity (Wildman–Crippen MR) is 83.9 cm³/mol. The second-order valence-corrected chi connectivity index (χ2v) is 5.69. The number of fused-ring (bicyclic) bond motifs is 5. The first kappa shape index (κ1) is 14.1. The molecule has 0 aliphatic carbocycles. The van der Waals surface area contributed by atoms with E-state index < -0.39 is 6.43 Å². The number of halogens is 2. The molecule has 0 spiro atoms. The van der Waals surface area contributed by atoms with E-state index in [4.69, 9.17) is 0 Å². The van der Waals surface area contributed by atoms with Crippen molar-refractivity contribution in [3.05, 3.63) is 41.6 Å². The molecular formula is C17H15F2N3O. The average molecular weight is 315 g/mol. The first-order chi connectivity index (χ1) is 11.2. The number of hydrogen-bond donors (Lipinski definition) is 1. The standard InChI is InChI=1S/C17H15F2N3O/c18-14(19)6-9-22-12-4-3-11-10(5-8-21-17(11)23)15(12)16-13(22)2-1-7-20-16/h1-4,7,14H,5-6,8-9H2,(H,21,23). The smallest absolute Gasteiger partial charge is 0.251 e. The van der Waals surface area contributed by atoms with E-state index in [-0.39, 0.29) is 18.9 Å². The van der Waals surface area contributed by atoms with E-state index in [0.717, 1.165) is 33.9 Å². The van der Waals surface area contributed by atoms with Crippen LogP contribution in [-0.2, 0) is 13.0 Å². The van der Waals surface area contributed by atoms with E-state index in [1.807, 2.05) is 16.7 Å². The molecule has 1 aliphatic heterocycles. The number of carbonyl (C=O) groups excluding carboxylic acids is 1. The highest BCUT2D eigenvalue weighted by molar-refractivity contribution is 6.12. The van der Waals surface area contributed by atoms with Crippen molar-refractivity contribution in [1.29, 1.82) is 0 Å². The summed E-state index contributed by atoms with van der Waals surface area (Å²) >= 11 is 0. The van der Waals surface area contributed by atoms with Gasteiger partial charge in [-0.1, -0.05) is 0 Å². The number of pyridine rings is 1. The van der Waals surface area contributed by atoms with Crippen LogP contribution in [0.2, 0.25) is 0 Å². The molecule has 3 aromatic rings. The quantitative estimate of drug-likeness (QED) is 0.807. The van der Waals surface area contributed by atoms with Crippen LogP contribution in [0.25, 0.3) is 21.9 Å². The summed E-state index contributed by atoms with van der Waals surface area (Å²) in [6, 6.07) is 7.32. The minimum atomic E-state index is -2.34. The molecule has 0 saturated heterocycles. The molecule has 0 radical (unpaired) electrons. The summed E-state index contributed by atoms with van der Waals surface area (Å²) in [5.41, 5.74) is 4.10. The van der Waals surface area contributed by atoms with E-state index in [9.17, 15) is 13.6 Å². The zero-order valence-corrected chi connectivity index (χ0v) is 12.4. The van der Waals surface area contributed by atoms with Crippen molar-refractivity contribution in [2.75, 3.05) is 6.54 Å². The second kappa shape index (κ2) is 5.30. The van der Waals surface area contributed by atoms with E-state index in [1.54, 1.807) is 18.3 Å². The average Bonchev–Trinajstić information content (AvgIpc) is 2.87. The molecule has 1 aliphatic rings. The molecule has 6 heteroatoms. The second-order valence-electron chi connectivity index (χ2n) is 5.69. The van der Waals surface area contributed by atoms with E-state index in [1.165, 1.54) is 0 Å². The van der Waals surface area contributed by atoms with E-state index in [0.29, 0.717) is 12.1 Å². The molecule has 0 atom stereocenters. The Kier molecular flexibility index (Phi) is 3.25. The van der Waals surface area contributed by atoms with Gasteiger partial charge in [0.2, 0.25) is 6.43 Å². The lowest BCUT2D eigenvalue weighted by atomic mass is 9.96. The van der Waals surface area contributed by atoms with Crippen LogP contribution in [0.3, 0.4) is 0 Å². The first-order valence-electron chi connectivity index (χ1n) is 7.62. The van der Waals surface area contributed by atoms with Gasteiger partial charge in [0, 0.05) is 36.7 Å². The summed E-state index contributed by atoms with van der Waals surface area (Å²) in [6.07, 6.45) is -0.127. The van der Waals surface area contributed by atoms with Crippen molar-refractivity contribution < 1.29 is 13.6 Å². The number of hydrogen-bond acceptors (Lipinski definition) is 2. The number of nitrogens with zero attached hydrogens (tertiary/aromatic N) is 2. The highest BCUT2D eigenvalue weighted by Crippen LogP contribution is 2.33. The predicted octanol–water partition coefficient (Wildman–Crippen LogP) is 3.13. The summed E-state index contributed by atoms with van der Waals surface area (Å²) < 4.78 is 27.2. The molecule has 0 saturated carbocycles. The molecule has 1 amide bonds. The SMILES string of the molecule is O=C1NCCc2c1ccc1c2c2ncccc2n1CCC(F)F. The third kappa shape index (κ3) is 2.17. The maximum absolute atomic E-state index is 12.7. The molecule has 1 aromatic carbocycles. The molecule has 0 bridgehead atoms. The Labute approximate surface area is 131 Å². The fraction of sp³-hybridized carbons (Fsp3) is 0.294. The summed E-state index contributed by atoms with van der Waals surface area (Å²) in [5.74, 6) is -0.0856. The maximum Gasteiger partial charge on any atom is 0.251 e. The van der Waals surface area contributed by atoms with Gasteiger partial charge in [0.15, 0.2) is 0 Å². The van der Waals surface area contributed by atoms with E-state index >= 15 is 0 Å². The van der Waals surface area contributed by atoms with Crippen molar-refractivity contribution in [2.45, 2.75) is 25.8 Å². The van der Waals surface area contributed by atoms with Gasteiger partial charge in [-0.05, 0) is 36.2 Å². The fourth-order valence-corrected chi connectivity index (χ4v) is 3.40. The minimum absolute atomic E-state index is 0.0856. The molecule has 118 valence electrons. The Morgan fingerprint density at radius 2 is 2.13 bits per heavy atom. The fourth-order valence-electron chi connectivity index (χ4n) is 3.40. The number of nitrogens with one attached hydrogen (secondary N) is 1. The first-order valence-corrected chi connectivity index (χ1v) is 7.62. The zero-order valence-electron chi connectivity index (χ0n) is 12.4. The van der Waals surface area contributed by atoms with Gasteiger partial charge in [-0.3, -0.25) is 9.78 Å². The van der Waals surface area contributed by atoms with Crippen LogP contribution in [0.4, 0.5) is 8.78 Å². The van der Waals surface area contributed by atoms with Gasteiger partial charge in [0.25, 0.3) is 5.91 Å². The van der Waals surface area contributed by atoms with Crippen molar-refractivity contribution in [3.63, 3.8) is 0 Å². The number of aryl methyl sites for hydroxylation is 1. The zero-order chi connectivity index (χ0) is 16.0.